The molecule has 2 aromatic carbocycles. The molecule has 0 unspecified atom stereocenters. The summed E-state index contributed by atoms with van der Waals surface area (Å²) in [5.41, 5.74) is 6.12. The number of imidazole rings is 1. The first-order valence-electron chi connectivity index (χ1n) is 9.72. The second kappa shape index (κ2) is 8.15. The van der Waals surface area contributed by atoms with E-state index < -0.39 is 5.54 Å². The van der Waals surface area contributed by atoms with Gasteiger partial charge in [-0.05, 0) is 50.2 Å². The Morgan fingerprint density at radius 2 is 1.87 bits per heavy atom. The van der Waals surface area contributed by atoms with Crippen molar-refractivity contribution in [3.8, 4) is 22.9 Å². The van der Waals surface area contributed by atoms with Crippen LogP contribution in [0.5, 0.6) is 11.6 Å². The van der Waals surface area contributed by atoms with Crippen LogP contribution >= 0.6 is 23.2 Å². The maximum atomic E-state index is 13.5. The Balaban J connectivity index is 1.86. The van der Waals surface area contributed by atoms with Crippen molar-refractivity contribution in [1.82, 2.24) is 14.5 Å². The Morgan fingerprint density at radius 1 is 1.16 bits per heavy atom. The Labute approximate surface area is 189 Å². The molecular formula is C22H21Cl2FN4O2. The maximum absolute atomic E-state index is 13.5. The van der Waals surface area contributed by atoms with Crippen LogP contribution in [0.4, 0.5) is 4.39 Å². The minimum absolute atomic E-state index is 0.0818. The second-order valence-corrected chi connectivity index (χ2v) is 8.55. The summed E-state index contributed by atoms with van der Waals surface area (Å²) in [6, 6.07) is 11.0. The molecule has 6 nitrogen and oxygen atoms in total. The summed E-state index contributed by atoms with van der Waals surface area (Å²) >= 11 is 12.2. The van der Waals surface area contributed by atoms with Crippen molar-refractivity contribution in [2.75, 3.05) is 13.1 Å². The monoisotopic (exact) mass is 462 g/mol. The van der Waals surface area contributed by atoms with Crippen molar-refractivity contribution in [3.63, 3.8) is 0 Å². The van der Waals surface area contributed by atoms with E-state index in [1.165, 1.54) is 12.1 Å². The third-order valence-electron chi connectivity index (χ3n) is 5.39. The molecule has 0 saturated heterocycles. The smallest absolute Gasteiger partial charge is 0.237 e. The zero-order valence-corrected chi connectivity index (χ0v) is 18.5. The number of hydrogen-bond acceptors (Lipinski definition) is 4. The van der Waals surface area contributed by atoms with Crippen LogP contribution in [0.15, 0.2) is 42.5 Å². The zero-order chi connectivity index (χ0) is 22.3. The minimum Gasteiger partial charge on any atom is -0.438 e. The number of rotatable bonds is 4. The highest BCUT2D eigenvalue weighted by atomic mass is 35.5. The Kier molecular flexibility index (Phi) is 5.68. The third-order valence-corrected chi connectivity index (χ3v) is 6.13. The first-order chi connectivity index (χ1) is 14.7. The minimum atomic E-state index is -0.720. The van der Waals surface area contributed by atoms with Gasteiger partial charge in [0.15, 0.2) is 0 Å². The second-order valence-electron chi connectivity index (χ2n) is 7.73. The number of fused-ring (bicyclic) bond motifs is 1. The lowest BCUT2D eigenvalue weighted by molar-refractivity contribution is -0.137. The van der Waals surface area contributed by atoms with E-state index in [1.807, 2.05) is 18.4 Å². The fourth-order valence-electron chi connectivity index (χ4n) is 3.81. The normalized spacial score (nSPS) is 15.0. The highest BCUT2D eigenvalue weighted by Gasteiger charge is 2.41. The lowest BCUT2D eigenvalue weighted by Gasteiger charge is -2.42. The van der Waals surface area contributed by atoms with Crippen molar-refractivity contribution in [2.24, 2.45) is 5.73 Å². The molecule has 1 amide bonds. The molecule has 162 valence electrons. The average molecular weight is 463 g/mol. The summed E-state index contributed by atoms with van der Waals surface area (Å²) in [5, 5.41) is 0.779. The van der Waals surface area contributed by atoms with Gasteiger partial charge in [-0.1, -0.05) is 23.2 Å². The standard InChI is InChI=1S/C22H21Cl2FN4O2/c1-22(2)21-27-19(13-3-5-14(25)6-4-13)20(28(21)9-10-29(22)18(30)12-26)31-15-7-8-16(23)17(24)11-15/h3-8,11H,9-10,12,26H2,1-2H3. The Bertz CT molecular complexity index is 1150. The van der Waals surface area contributed by atoms with Gasteiger partial charge in [0.2, 0.25) is 11.8 Å². The number of nitrogens with zero attached hydrogens (tertiary/aromatic N) is 3. The summed E-state index contributed by atoms with van der Waals surface area (Å²) in [7, 11) is 0. The molecule has 0 radical (unpaired) electrons. The summed E-state index contributed by atoms with van der Waals surface area (Å²) in [5.74, 6) is 1.11. The van der Waals surface area contributed by atoms with Crippen molar-refractivity contribution in [2.45, 2.75) is 25.9 Å². The molecule has 0 fully saturated rings. The molecule has 9 heteroatoms. The SMILES string of the molecule is CC1(C)c2nc(-c3ccc(F)cc3)c(Oc3ccc(Cl)c(Cl)c3)n2CCN1C(=O)CN. The maximum Gasteiger partial charge on any atom is 0.237 e. The molecule has 3 aromatic rings. The van der Waals surface area contributed by atoms with Crippen LogP contribution in [0.25, 0.3) is 11.3 Å². The first kappa shape index (κ1) is 21.6. The number of carbonyl (C=O) groups excluding carboxylic acids is 1. The number of ether oxygens (including phenoxy) is 1. The van der Waals surface area contributed by atoms with E-state index >= 15 is 0 Å². The van der Waals surface area contributed by atoms with Crippen LogP contribution in [-0.4, -0.2) is 33.4 Å². The van der Waals surface area contributed by atoms with E-state index in [0.29, 0.717) is 51.8 Å². The van der Waals surface area contributed by atoms with Crippen LogP contribution < -0.4 is 10.5 Å². The molecule has 0 bridgehead atoms. The summed E-state index contributed by atoms with van der Waals surface area (Å²) in [6.45, 7) is 4.66. The molecule has 1 aromatic heterocycles. The van der Waals surface area contributed by atoms with Gasteiger partial charge >= 0.3 is 0 Å². The zero-order valence-electron chi connectivity index (χ0n) is 17.0. The Hall–Kier alpha value is -2.61. The Morgan fingerprint density at radius 3 is 2.52 bits per heavy atom. The number of benzene rings is 2. The van der Waals surface area contributed by atoms with E-state index in [0.717, 1.165) is 0 Å². The number of nitrogens with two attached hydrogens (primary N) is 1. The largest absolute Gasteiger partial charge is 0.438 e. The number of carbonyl (C=O) groups is 1. The summed E-state index contributed by atoms with van der Waals surface area (Å²) in [6.07, 6.45) is 0. The van der Waals surface area contributed by atoms with Crippen molar-refractivity contribution >= 4 is 29.1 Å². The molecule has 2 heterocycles. The van der Waals surface area contributed by atoms with Gasteiger partial charge < -0.3 is 15.4 Å². The van der Waals surface area contributed by atoms with E-state index in [1.54, 1.807) is 35.2 Å². The van der Waals surface area contributed by atoms with E-state index in [-0.39, 0.29) is 18.3 Å². The summed E-state index contributed by atoms with van der Waals surface area (Å²) in [4.78, 5) is 19.0. The average Bonchev–Trinajstić information content (AvgIpc) is 3.10. The van der Waals surface area contributed by atoms with Crippen LogP contribution in [0.1, 0.15) is 19.7 Å². The first-order valence-corrected chi connectivity index (χ1v) is 10.5. The predicted octanol–water partition coefficient (Wildman–Crippen LogP) is 4.82. The number of halogens is 3. The van der Waals surface area contributed by atoms with Crippen molar-refractivity contribution in [1.29, 1.82) is 0 Å². The number of amides is 1. The van der Waals surface area contributed by atoms with Gasteiger partial charge in [-0.15, -0.1) is 0 Å². The van der Waals surface area contributed by atoms with Crippen LogP contribution in [0, 0.1) is 5.82 Å². The van der Waals surface area contributed by atoms with Gasteiger partial charge in [0.05, 0.1) is 22.1 Å². The van der Waals surface area contributed by atoms with Gasteiger partial charge in [-0.3, -0.25) is 9.36 Å². The van der Waals surface area contributed by atoms with Crippen LogP contribution in [-0.2, 0) is 16.9 Å². The van der Waals surface area contributed by atoms with E-state index in [9.17, 15) is 9.18 Å². The molecule has 4 rings (SSSR count). The molecule has 1 aliphatic heterocycles. The fourth-order valence-corrected chi connectivity index (χ4v) is 4.10. The highest BCUT2D eigenvalue weighted by molar-refractivity contribution is 6.42. The molecule has 2 N–H and O–H groups in total. The molecule has 1 aliphatic rings. The topological polar surface area (TPSA) is 73.4 Å². The number of aromatic nitrogens is 2. The fraction of sp³-hybridized carbons (Fsp3) is 0.273. The van der Waals surface area contributed by atoms with Crippen LogP contribution in [0.3, 0.4) is 0 Å². The van der Waals surface area contributed by atoms with Crippen LogP contribution in [0.2, 0.25) is 10.0 Å². The van der Waals surface area contributed by atoms with Crippen molar-refractivity contribution < 1.29 is 13.9 Å². The van der Waals surface area contributed by atoms with Crippen molar-refractivity contribution in [3.05, 3.63) is 64.2 Å². The lowest BCUT2D eigenvalue weighted by Crippen LogP contribution is -2.53. The van der Waals surface area contributed by atoms with Gasteiger partial charge in [-0.2, -0.15) is 0 Å². The molecule has 0 spiro atoms. The summed E-state index contributed by atoms with van der Waals surface area (Å²) < 4.78 is 21.7. The molecule has 0 saturated carbocycles. The molecule has 0 atom stereocenters. The predicted molar refractivity (Wildman–Crippen MR) is 118 cm³/mol. The lowest BCUT2D eigenvalue weighted by atomic mass is 9.99. The van der Waals surface area contributed by atoms with Gasteiger partial charge in [0, 0.05) is 24.7 Å². The van der Waals surface area contributed by atoms with Gasteiger partial charge in [0.1, 0.15) is 23.1 Å². The van der Waals surface area contributed by atoms with Gasteiger partial charge in [0.25, 0.3) is 0 Å². The highest BCUT2D eigenvalue weighted by Crippen LogP contribution is 2.41. The third kappa shape index (κ3) is 3.89. The molecular weight excluding hydrogens is 442 g/mol. The molecule has 0 aliphatic carbocycles. The van der Waals surface area contributed by atoms with E-state index in [2.05, 4.69) is 0 Å². The number of hydrogen-bond donors (Lipinski definition) is 1. The van der Waals surface area contributed by atoms with Gasteiger partial charge in [-0.25, -0.2) is 9.37 Å². The quantitative estimate of drug-likeness (QED) is 0.602. The van der Waals surface area contributed by atoms with E-state index in [4.69, 9.17) is 38.7 Å². The molecule has 31 heavy (non-hydrogen) atoms.